The van der Waals surface area contributed by atoms with E-state index in [-0.39, 0.29) is 57.3 Å². The van der Waals surface area contributed by atoms with E-state index in [2.05, 4.69) is 21.5 Å². The molecule has 1 aliphatic heterocycles. The number of carbonyl (C=O) groups excluding carboxylic acids is 1. The van der Waals surface area contributed by atoms with Gasteiger partial charge in [-0.05, 0) is 43.0 Å². The fourth-order valence-electron chi connectivity index (χ4n) is 5.65. The van der Waals surface area contributed by atoms with Gasteiger partial charge in [0.15, 0.2) is 17.2 Å². The second kappa shape index (κ2) is 11.6. The molecule has 1 atom stereocenters. The van der Waals surface area contributed by atoms with Crippen LogP contribution in [0.25, 0.3) is 28.0 Å². The van der Waals surface area contributed by atoms with Crippen LogP contribution in [0.1, 0.15) is 57.8 Å². The van der Waals surface area contributed by atoms with Crippen LogP contribution in [0, 0.1) is 5.21 Å². The number of nitrogens with zero attached hydrogens (tertiary/aromatic N) is 7. The summed E-state index contributed by atoms with van der Waals surface area (Å²) in [4.78, 5) is 43.6. The zero-order chi connectivity index (χ0) is 31.2. The van der Waals surface area contributed by atoms with Crippen molar-refractivity contribution in [3.63, 3.8) is 0 Å². The zero-order valence-electron chi connectivity index (χ0n) is 24.8. The van der Waals surface area contributed by atoms with E-state index in [1.807, 2.05) is 39.5 Å². The SMILES string of the molecule is C=CC(=O)N1CCN(c2nc(=O)n(-c3c(C(C)C)ncnc3C(C)C)c3c2cc(Cl)c(-c2ccccc2O)[n+]3[O-])[C@@H](C)C1. The van der Waals surface area contributed by atoms with Crippen LogP contribution < -0.4 is 15.3 Å². The average Bonchev–Trinajstić information content (AvgIpc) is 2.97. The number of piperazine rings is 1. The molecule has 12 heteroatoms. The highest BCUT2D eigenvalue weighted by molar-refractivity contribution is 6.33. The van der Waals surface area contributed by atoms with Crippen molar-refractivity contribution in [2.45, 2.75) is 52.5 Å². The van der Waals surface area contributed by atoms with E-state index >= 15 is 0 Å². The summed E-state index contributed by atoms with van der Waals surface area (Å²) in [5.74, 6) is -0.268. The molecule has 1 aromatic carbocycles. The van der Waals surface area contributed by atoms with Crippen molar-refractivity contribution in [1.29, 1.82) is 0 Å². The summed E-state index contributed by atoms with van der Waals surface area (Å²) in [7, 11) is 0. The van der Waals surface area contributed by atoms with Gasteiger partial charge in [0.2, 0.25) is 5.91 Å². The topological polar surface area (TPSA) is 131 Å². The minimum atomic E-state index is -0.687. The van der Waals surface area contributed by atoms with E-state index in [9.17, 15) is 19.9 Å². The van der Waals surface area contributed by atoms with Gasteiger partial charge in [0.05, 0.1) is 22.0 Å². The normalized spacial score (nSPS) is 15.5. The van der Waals surface area contributed by atoms with Crippen LogP contribution >= 0.6 is 11.6 Å². The second-order valence-corrected chi connectivity index (χ2v) is 11.7. The lowest BCUT2D eigenvalue weighted by molar-refractivity contribution is -0.568. The van der Waals surface area contributed by atoms with Gasteiger partial charge in [-0.1, -0.05) is 58.0 Å². The molecule has 11 nitrogen and oxygen atoms in total. The quantitative estimate of drug-likeness (QED) is 0.196. The summed E-state index contributed by atoms with van der Waals surface area (Å²) < 4.78 is 1.86. The Morgan fingerprint density at radius 2 is 1.81 bits per heavy atom. The smallest absolute Gasteiger partial charge is 0.442 e. The van der Waals surface area contributed by atoms with Gasteiger partial charge >= 0.3 is 11.3 Å². The maximum absolute atomic E-state index is 14.5. The van der Waals surface area contributed by atoms with Gasteiger partial charge in [0, 0.05) is 25.7 Å². The Labute approximate surface area is 254 Å². The highest BCUT2D eigenvalue weighted by Gasteiger charge is 2.35. The molecule has 0 saturated carbocycles. The third-order valence-electron chi connectivity index (χ3n) is 7.72. The summed E-state index contributed by atoms with van der Waals surface area (Å²) in [6, 6.07) is 7.75. The summed E-state index contributed by atoms with van der Waals surface area (Å²) >= 11 is 6.79. The molecule has 1 N–H and O–H groups in total. The lowest BCUT2D eigenvalue weighted by atomic mass is 10.0. The average molecular weight is 604 g/mol. The van der Waals surface area contributed by atoms with Gasteiger partial charge < -0.3 is 20.1 Å². The van der Waals surface area contributed by atoms with Crippen LogP contribution in [-0.2, 0) is 4.79 Å². The van der Waals surface area contributed by atoms with Gasteiger partial charge in [0.25, 0.3) is 0 Å². The summed E-state index contributed by atoms with van der Waals surface area (Å²) in [5, 5.41) is 25.6. The first kappa shape index (κ1) is 30.0. The number of phenols is 1. The van der Waals surface area contributed by atoms with Crippen LogP contribution in [-0.4, -0.2) is 61.1 Å². The molecule has 224 valence electrons. The number of phenolic OH excluding ortho intramolecular Hbond substituents is 1. The molecule has 1 aliphatic rings. The molecule has 0 aliphatic carbocycles. The minimum Gasteiger partial charge on any atom is -0.710 e. The van der Waals surface area contributed by atoms with Crippen LogP contribution in [0.3, 0.4) is 0 Å². The standard InChI is InChI=1S/C31H34ClN7O4/c1-7-24(41)36-12-13-37(19(6)15-36)29-21-14-22(32)27(20-10-8-9-11-23(20)40)39(43)30(21)38(31(42)35-29)28-25(17(2)3)33-16-34-26(28)18(4)5/h7-11,14,16-19,40H,1,12-13,15H2,2-6H3/t19-/m0/s1. The van der Waals surface area contributed by atoms with E-state index in [1.165, 1.54) is 23.0 Å². The van der Waals surface area contributed by atoms with Crippen LogP contribution in [0.4, 0.5) is 5.82 Å². The van der Waals surface area contributed by atoms with E-state index in [0.717, 1.165) is 0 Å². The fourth-order valence-corrected chi connectivity index (χ4v) is 5.94. The van der Waals surface area contributed by atoms with E-state index in [4.69, 9.17) is 11.6 Å². The minimum absolute atomic E-state index is 0.0129. The summed E-state index contributed by atoms with van der Waals surface area (Å²) in [5.41, 5.74) is 1.05. The Morgan fingerprint density at radius 1 is 1.16 bits per heavy atom. The predicted octanol–water partition coefficient (Wildman–Crippen LogP) is 4.31. The number of halogens is 1. The number of para-hydroxylation sites is 1. The molecule has 5 rings (SSSR count). The van der Waals surface area contributed by atoms with Crippen LogP contribution in [0.2, 0.25) is 5.02 Å². The van der Waals surface area contributed by atoms with E-state index < -0.39 is 5.69 Å². The molecule has 0 unspecified atom stereocenters. The third-order valence-corrected chi connectivity index (χ3v) is 8.01. The van der Waals surface area contributed by atoms with Crippen molar-refractivity contribution in [3.8, 4) is 22.7 Å². The van der Waals surface area contributed by atoms with Crippen LogP contribution in [0.5, 0.6) is 5.75 Å². The maximum Gasteiger partial charge on any atom is 0.442 e. The highest BCUT2D eigenvalue weighted by Crippen LogP contribution is 2.37. The van der Waals surface area contributed by atoms with Gasteiger partial charge in [-0.2, -0.15) is 4.98 Å². The van der Waals surface area contributed by atoms with Gasteiger partial charge in [0.1, 0.15) is 17.5 Å². The van der Waals surface area contributed by atoms with Crippen molar-refractivity contribution in [1.82, 2.24) is 24.4 Å². The van der Waals surface area contributed by atoms with E-state index in [0.29, 0.717) is 46.8 Å². The van der Waals surface area contributed by atoms with Crippen molar-refractivity contribution in [3.05, 3.63) is 81.4 Å². The Kier molecular flexibility index (Phi) is 8.11. The molecule has 0 spiro atoms. The molecule has 43 heavy (non-hydrogen) atoms. The lowest BCUT2D eigenvalue weighted by Gasteiger charge is -2.40. The highest BCUT2D eigenvalue weighted by atomic mass is 35.5. The fraction of sp³-hybridized carbons (Fsp3) is 0.355. The number of aromatic hydroxyl groups is 1. The predicted molar refractivity (Wildman–Crippen MR) is 166 cm³/mol. The molecule has 1 saturated heterocycles. The number of benzene rings is 1. The van der Waals surface area contributed by atoms with Crippen molar-refractivity contribution in [2.24, 2.45) is 0 Å². The number of rotatable bonds is 6. The molecular weight excluding hydrogens is 570 g/mol. The van der Waals surface area contributed by atoms with Crippen LogP contribution in [0.15, 0.2) is 54.1 Å². The number of hydrogen-bond acceptors (Lipinski definition) is 8. The van der Waals surface area contributed by atoms with Gasteiger partial charge in [-0.15, -0.1) is 4.57 Å². The molecule has 4 heterocycles. The number of anilines is 1. The first-order valence-electron chi connectivity index (χ1n) is 14.2. The van der Waals surface area contributed by atoms with Crippen molar-refractivity contribution < 1.29 is 14.6 Å². The number of pyridine rings is 1. The summed E-state index contributed by atoms with van der Waals surface area (Å²) in [6.07, 6.45) is 2.74. The Hall–Kier alpha value is -4.51. The number of amides is 1. The molecule has 0 bridgehead atoms. The molecule has 1 fully saturated rings. The lowest BCUT2D eigenvalue weighted by Crippen LogP contribution is -2.54. The number of aromatic nitrogens is 5. The number of hydrogen-bond donors (Lipinski definition) is 1. The van der Waals surface area contributed by atoms with Gasteiger partial charge in [-0.3, -0.25) is 4.79 Å². The monoisotopic (exact) mass is 603 g/mol. The first-order chi connectivity index (χ1) is 20.5. The molecule has 1 amide bonds. The molecule has 0 radical (unpaired) electrons. The Morgan fingerprint density at radius 3 is 2.40 bits per heavy atom. The summed E-state index contributed by atoms with van der Waals surface area (Å²) in [6.45, 7) is 14.4. The largest absolute Gasteiger partial charge is 0.710 e. The Bertz CT molecular complexity index is 1780. The third kappa shape index (κ3) is 5.18. The molecule has 4 aromatic rings. The van der Waals surface area contributed by atoms with E-state index in [1.54, 1.807) is 29.2 Å². The number of fused-ring (bicyclic) bond motifs is 1. The molecule has 3 aromatic heterocycles. The first-order valence-corrected chi connectivity index (χ1v) is 14.5. The number of carbonyl (C=O) groups is 1. The molecular formula is C31H34ClN7O4. The van der Waals surface area contributed by atoms with Crippen molar-refractivity contribution >= 4 is 34.4 Å². The Balaban J connectivity index is 1.89. The zero-order valence-corrected chi connectivity index (χ0v) is 25.5. The second-order valence-electron chi connectivity index (χ2n) is 11.3. The van der Waals surface area contributed by atoms with Crippen molar-refractivity contribution in [2.75, 3.05) is 24.5 Å². The van der Waals surface area contributed by atoms with Gasteiger partial charge in [-0.25, -0.2) is 19.5 Å². The maximum atomic E-state index is 14.5.